The van der Waals surface area contributed by atoms with E-state index >= 15 is 0 Å². The molecule has 0 spiro atoms. The average molecular weight is 263 g/mol. The van der Waals surface area contributed by atoms with Crippen LogP contribution in [0.3, 0.4) is 0 Å². The summed E-state index contributed by atoms with van der Waals surface area (Å²) in [5.41, 5.74) is 4.87. The molecule has 1 aromatic carbocycles. The number of nitrogens with zero attached hydrogens (tertiary/aromatic N) is 1. The van der Waals surface area contributed by atoms with Gasteiger partial charge in [0.15, 0.2) is 11.5 Å². The second-order valence-electron chi connectivity index (χ2n) is 2.77. The molecule has 0 saturated carbocycles. The van der Waals surface area contributed by atoms with Gasteiger partial charge >= 0.3 is 5.97 Å². The van der Waals surface area contributed by atoms with Gasteiger partial charge in [0.1, 0.15) is 0 Å². The Kier molecular flexibility index (Phi) is 5.94. The summed E-state index contributed by atoms with van der Waals surface area (Å²) in [7, 11) is 1.36. The van der Waals surface area contributed by atoms with Crippen LogP contribution in [0.1, 0.15) is 0 Å². The van der Waals surface area contributed by atoms with Crippen molar-refractivity contribution in [2.75, 3.05) is 13.7 Å². The fraction of sp³-hybridized carbons (Fsp3) is 0.222. The fourth-order valence-corrected chi connectivity index (χ4v) is 1.02. The first-order valence-corrected chi connectivity index (χ1v) is 4.31. The number of non-ortho nitro benzene ring substituents is 1. The van der Waals surface area contributed by atoms with Crippen molar-refractivity contribution in [3.63, 3.8) is 0 Å². The third-order valence-corrected chi connectivity index (χ3v) is 1.75. The normalized spacial score (nSPS) is 9.06. The quantitative estimate of drug-likeness (QED) is 0.374. The summed E-state index contributed by atoms with van der Waals surface area (Å²) in [6, 6.07) is 3.70. The number of carbonyl (C=O) groups excluding carboxylic acids is 1. The Hall–Kier alpha value is -1.86. The number of carbonyl (C=O) groups is 1. The van der Waals surface area contributed by atoms with Crippen LogP contribution in [0.5, 0.6) is 11.5 Å². The molecule has 0 bridgehead atoms. The lowest BCUT2D eigenvalue weighted by molar-refractivity contribution is -0.384. The van der Waals surface area contributed by atoms with Gasteiger partial charge in [0, 0.05) is 6.07 Å². The van der Waals surface area contributed by atoms with Crippen LogP contribution in [0, 0.1) is 10.1 Å². The molecular formula is C9H11ClN2O5. The largest absolute Gasteiger partial charge is 0.493 e. The molecule has 0 aliphatic heterocycles. The molecule has 0 fully saturated rings. The third kappa shape index (κ3) is 3.89. The van der Waals surface area contributed by atoms with Gasteiger partial charge in [-0.3, -0.25) is 14.9 Å². The Morgan fingerprint density at radius 2 is 2.12 bits per heavy atom. The lowest BCUT2D eigenvalue weighted by Crippen LogP contribution is -2.19. The monoisotopic (exact) mass is 262 g/mol. The van der Waals surface area contributed by atoms with Gasteiger partial charge in [0.2, 0.25) is 0 Å². The number of halogens is 1. The van der Waals surface area contributed by atoms with Crippen molar-refractivity contribution in [3.8, 4) is 11.5 Å². The number of ether oxygens (including phenoxy) is 2. The molecule has 2 N–H and O–H groups in total. The van der Waals surface area contributed by atoms with E-state index < -0.39 is 10.9 Å². The molecule has 1 aromatic rings. The molecule has 7 nitrogen and oxygen atoms in total. The topological polar surface area (TPSA) is 105 Å². The number of rotatable bonds is 4. The summed E-state index contributed by atoms with van der Waals surface area (Å²) < 4.78 is 9.67. The maximum absolute atomic E-state index is 11.0. The molecule has 0 aliphatic carbocycles. The lowest BCUT2D eigenvalue weighted by Gasteiger charge is -2.07. The Labute approximate surface area is 103 Å². The van der Waals surface area contributed by atoms with Crippen LogP contribution in [0.2, 0.25) is 0 Å². The average Bonchev–Trinajstić information content (AvgIpc) is 2.28. The molecule has 0 aliphatic rings. The zero-order valence-electron chi connectivity index (χ0n) is 8.91. The highest BCUT2D eigenvalue weighted by molar-refractivity contribution is 5.85. The molecule has 0 radical (unpaired) electrons. The zero-order chi connectivity index (χ0) is 12.1. The van der Waals surface area contributed by atoms with Crippen LogP contribution < -0.4 is 15.2 Å². The smallest absolute Gasteiger partial charge is 0.325 e. The molecule has 0 unspecified atom stereocenters. The van der Waals surface area contributed by atoms with Crippen molar-refractivity contribution in [2.45, 2.75) is 0 Å². The minimum absolute atomic E-state index is 0. The molecule has 0 atom stereocenters. The van der Waals surface area contributed by atoms with Crippen molar-refractivity contribution in [1.82, 2.24) is 0 Å². The van der Waals surface area contributed by atoms with Crippen LogP contribution in [0.15, 0.2) is 18.2 Å². The van der Waals surface area contributed by atoms with Crippen LogP contribution in [-0.4, -0.2) is 24.5 Å². The van der Waals surface area contributed by atoms with E-state index in [1.54, 1.807) is 0 Å². The summed E-state index contributed by atoms with van der Waals surface area (Å²) in [6.45, 7) is -0.314. The van der Waals surface area contributed by atoms with E-state index in [1.165, 1.54) is 19.2 Å². The van der Waals surface area contributed by atoms with Gasteiger partial charge in [0.25, 0.3) is 5.69 Å². The second-order valence-corrected chi connectivity index (χ2v) is 2.77. The van der Waals surface area contributed by atoms with Gasteiger partial charge < -0.3 is 15.2 Å². The van der Waals surface area contributed by atoms with E-state index in [-0.39, 0.29) is 36.1 Å². The standard InChI is InChI=1S/C9H10N2O5.ClH/c1-15-7-3-2-6(11(13)14)4-8(7)16-9(12)5-10;/h2-4H,5,10H2,1H3;1H. The van der Waals surface area contributed by atoms with Gasteiger partial charge in [-0.25, -0.2) is 0 Å². The van der Waals surface area contributed by atoms with Crippen molar-refractivity contribution in [1.29, 1.82) is 0 Å². The highest BCUT2D eigenvalue weighted by Crippen LogP contribution is 2.31. The summed E-state index contributed by atoms with van der Waals surface area (Å²) in [5.74, 6) is -0.488. The number of esters is 1. The van der Waals surface area contributed by atoms with Gasteiger partial charge in [0.05, 0.1) is 24.6 Å². The van der Waals surface area contributed by atoms with Crippen molar-refractivity contribution >= 4 is 24.1 Å². The van der Waals surface area contributed by atoms with Crippen molar-refractivity contribution in [3.05, 3.63) is 28.3 Å². The molecule has 94 valence electrons. The number of benzene rings is 1. The van der Waals surface area contributed by atoms with Gasteiger partial charge in [-0.15, -0.1) is 12.4 Å². The number of hydrogen-bond acceptors (Lipinski definition) is 6. The Balaban J connectivity index is 0.00000256. The van der Waals surface area contributed by atoms with Crippen LogP contribution in [-0.2, 0) is 4.79 Å². The van der Waals surface area contributed by atoms with E-state index in [0.717, 1.165) is 6.07 Å². The Morgan fingerprint density at radius 1 is 1.47 bits per heavy atom. The summed E-state index contributed by atoms with van der Waals surface area (Å²) in [4.78, 5) is 20.9. The van der Waals surface area contributed by atoms with E-state index in [9.17, 15) is 14.9 Å². The van der Waals surface area contributed by atoms with E-state index in [0.29, 0.717) is 0 Å². The molecule has 0 saturated heterocycles. The molecule has 1 rings (SSSR count). The first-order valence-electron chi connectivity index (χ1n) is 4.31. The van der Waals surface area contributed by atoms with Crippen LogP contribution >= 0.6 is 12.4 Å². The lowest BCUT2D eigenvalue weighted by atomic mass is 10.3. The number of hydrogen-bond donors (Lipinski definition) is 1. The summed E-state index contributed by atoms with van der Waals surface area (Å²) in [5, 5.41) is 10.5. The van der Waals surface area contributed by atoms with Crippen molar-refractivity contribution in [2.24, 2.45) is 5.73 Å². The van der Waals surface area contributed by atoms with Crippen molar-refractivity contribution < 1.29 is 19.2 Å². The van der Waals surface area contributed by atoms with Gasteiger partial charge in [-0.05, 0) is 6.07 Å². The van der Waals surface area contributed by atoms with E-state index in [2.05, 4.69) is 0 Å². The predicted octanol–water partition coefficient (Wildman–Crippen LogP) is 0.889. The molecular weight excluding hydrogens is 252 g/mol. The predicted molar refractivity (Wildman–Crippen MR) is 61.6 cm³/mol. The number of nitro benzene ring substituents is 1. The second kappa shape index (κ2) is 6.66. The van der Waals surface area contributed by atoms with Gasteiger partial charge in [-0.2, -0.15) is 0 Å². The van der Waals surface area contributed by atoms with E-state index in [1.807, 2.05) is 0 Å². The Bertz CT molecular complexity index is 424. The number of nitrogens with two attached hydrogens (primary N) is 1. The fourth-order valence-electron chi connectivity index (χ4n) is 1.02. The van der Waals surface area contributed by atoms with Gasteiger partial charge in [-0.1, -0.05) is 0 Å². The van der Waals surface area contributed by atoms with E-state index in [4.69, 9.17) is 15.2 Å². The highest BCUT2D eigenvalue weighted by Gasteiger charge is 2.14. The molecule has 0 heterocycles. The minimum atomic E-state index is -0.696. The zero-order valence-corrected chi connectivity index (χ0v) is 9.73. The Morgan fingerprint density at radius 3 is 2.59 bits per heavy atom. The van der Waals surface area contributed by atoms with Crippen LogP contribution in [0.4, 0.5) is 5.69 Å². The third-order valence-electron chi connectivity index (χ3n) is 1.75. The first kappa shape index (κ1) is 15.1. The summed E-state index contributed by atoms with van der Waals surface area (Å²) >= 11 is 0. The summed E-state index contributed by atoms with van der Waals surface area (Å²) in [6.07, 6.45) is 0. The molecule has 0 amide bonds. The molecule has 8 heteroatoms. The maximum Gasteiger partial charge on any atom is 0.325 e. The molecule has 0 aromatic heterocycles. The first-order chi connectivity index (χ1) is 7.58. The highest BCUT2D eigenvalue weighted by atomic mass is 35.5. The van der Waals surface area contributed by atoms with Crippen LogP contribution in [0.25, 0.3) is 0 Å². The SMILES string of the molecule is COc1ccc([N+](=O)[O-])cc1OC(=O)CN.Cl. The number of nitro groups is 1. The number of methoxy groups -OCH3 is 1. The maximum atomic E-state index is 11.0. The minimum Gasteiger partial charge on any atom is -0.493 e. The molecule has 17 heavy (non-hydrogen) atoms.